The van der Waals surface area contributed by atoms with Crippen molar-refractivity contribution < 1.29 is 19.1 Å². The number of rotatable bonds is 4. The highest BCUT2D eigenvalue weighted by Crippen LogP contribution is 2.52. The Labute approximate surface area is 111 Å². The highest BCUT2D eigenvalue weighted by atomic mass is 16.4. The van der Waals surface area contributed by atoms with Crippen molar-refractivity contribution >= 4 is 11.9 Å². The van der Waals surface area contributed by atoms with Crippen molar-refractivity contribution in [2.45, 2.75) is 25.8 Å². The minimum absolute atomic E-state index is 0.143. The van der Waals surface area contributed by atoms with Gasteiger partial charge in [-0.25, -0.2) is 0 Å². The Kier molecular flexibility index (Phi) is 3.05. The molecule has 3 rings (SSSR count). The largest absolute Gasteiger partial charge is 0.481 e. The maximum atomic E-state index is 12.2. The topological polar surface area (TPSA) is 79.5 Å². The summed E-state index contributed by atoms with van der Waals surface area (Å²) in [6.07, 6.45) is 4.37. The molecule has 19 heavy (non-hydrogen) atoms. The van der Waals surface area contributed by atoms with E-state index in [4.69, 9.17) is 4.42 Å². The third kappa shape index (κ3) is 2.13. The van der Waals surface area contributed by atoms with Gasteiger partial charge in [-0.2, -0.15) is 0 Å². The number of furan rings is 1. The molecule has 0 aromatic carbocycles. The van der Waals surface area contributed by atoms with Crippen molar-refractivity contribution in [3.63, 3.8) is 0 Å². The van der Waals surface area contributed by atoms with E-state index < -0.39 is 11.9 Å². The van der Waals surface area contributed by atoms with Crippen LogP contribution in [0.15, 0.2) is 22.8 Å². The van der Waals surface area contributed by atoms with Gasteiger partial charge in [0.15, 0.2) is 0 Å². The molecule has 1 heterocycles. The number of hydrogen-bond acceptors (Lipinski definition) is 3. The van der Waals surface area contributed by atoms with Gasteiger partial charge in [-0.3, -0.25) is 9.59 Å². The number of fused-ring (bicyclic) bond motifs is 2. The van der Waals surface area contributed by atoms with Gasteiger partial charge in [0, 0.05) is 0 Å². The van der Waals surface area contributed by atoms with Gasteiger partial charge in [-0.1, -0.05) is 0 Å². The molecular formula is C14H17NO4. The number of aliphatic carboxylic acids is 1. The van der Waals surface area contributed by atoms with Gasteiger partial charge in [-0.15, -0.1) is 0 Å². The Morgan fingerprint density at radius 2 is 2.05 bits per heavy atom. The van der Waals surface area contributed by atoms with Gasteiger partial charge in [0.1, 0.15) is 5.76 Å². The summed E-state index contributed by atoms with van der Waals surface area (Å²) < 4.78 is 5.15. The number of hydrogen-bond donors (Lipinski definition) is 2. The number of nitrogens with one attached hydrogen (secondary N) is 1. The van der Waals surface area contributed by atoms with E-state index in [1.165, 1.54) is 0 Å². The molecule has 0 radical (unpaired) electrons. The molecule has 2 aliphatic rings. The summed E-state index contributed by atoms with van der Waals surface area (Å²) in [7, 11) is 0. The van der Waals surface area contributed by atoms with E-state index in [1.807, 2.05) is 0 Å². The van der Waals surface area contributed by atoms with E-state index >= 15 is 0 Å². The Balaban J connectivity index is 1.66. The fourth-order valence-electron chi connectivity index (χ4n) is 3.73. The first-order valence-electron chi connectivity index (χ1n) is 6.69. The predicted molar refractivity (Wildman–Crippen MR) is 66.0 cm³/mol. The van der Waals surface area contributed by atoms with Crippen LogP contribution in [0.25, 0.3) is 0 Å². The molecular weight excluding hydrogens is 246 g/mol. The van der Waals surface area contributed by atoms with Gasteiger partial charge >= 0.3 is 5.97 Å². The predicted octanol–water partition coefficient (Wildman–Crippen LogP) is 1.64. The van der Waals surface area contributed by atoms with Crippen LogP contribution in [0.2, 0.25) is 0 Å². The first kappa shape index (κ1) is 12.3. The lowest BCUT2D eigenvalue weighted by molar-refractivity contribution is -0.149. The van der Waals surface area contributed by atoms with Crippen LogP contribution in [0.1, 0.15) is 25.0 Å². The summed E-state index contributed by atoms with van der Waals surface area (Å²) in [6.45, 7) is 0.325. The van der Waals surface area contributed by atoms with Gasteiger partial charge in [0.25, 0.3) is 0 Å². The Morgan fingerprint density at radius 1 is 1.32 bits per heavy atom. The van der Waals surface area contributed by atoms with E-state index in [1.54, 1.807) is 18.4 Å². The second-order valence-electron chi connectivity index (χ2n) is 5.52. The van der Waals surface area contributed by atoms with E-state index in [0.29, 0.717) is 12.3 Å². The molecule has 2 bridgehead atoms. The Bertz CT molecular complexity index is 482. The Morgan fingerprint density at radius 3 is 2.68 bits per heavy atom. The lowest BCUT2D eigenvalue weighted by atomic mass is 9.79. The van der Waals surface area contributed by atoms with E-state index in [9.17, 15) is 14.7 Å². The summed E-state index contributed by atoms with van der Waals surface area (Å²) >= 11 is 0. The van der Waals surface area contributed by atoms with Crippen LogP contribution in [0, 0.1) is 23.7 Å². The average molecular weight is 263 g/mol. The summed E-state index contributed by atoms with van der Waals surface area (Å²) in [6, 6.07) is 3.55. The van der Waals surface area contributed by atoms with Crippen molar-refractivity contribution in [2.75, 3.05) is 0 Å². The number of carboxylic acid groups (broad SMARTS) is 1. The number of carbonyl (C=O) groups is 2. The highest BCUT2D eigenvalue weighted by Gasteiger charge is 2.53. The molecule has 1 aromatic rings. The van der Waals surface area contributed by atoms with Crippen molar-refractivity contribution in [3.05, 3.63) is 24.2 Å². The minimum Gasteiger partial charge on any atom is -0.481 e. The zero-order valence-corrected chi connectivity index (χ0v) is 10.5. The van der Waals surface area contributed by atoms with Crippen LogP contribution in [0.3, 0.4) is 0 Å². The molecule has 5 heteroatoms. The van der Waals surface area contributed by atoms with Crippen molar-refractivity contribution in [1.82, 2.24) is 5.32 Å². The molecule has 0 saturated heterocycles. The molecule has 0 aliphatic heterocycles. The van der Waals surface area contributed by atoms with E-state index in [0.717, 1.165) is 19.3 Å². The summed E-state index contributed by atoms with van der Waals surface area (Å²) in [5.41, 5.74) is 0. The van der Waals surface area contributed by atoms with Crippen molar-refractivity contribution in [3.8, 4) is 0 Å². The maximum Gasteiger partial charge on any atom is 0.307 e. The summed E-state index contributed by atoms with van der Waals surface area (Å²) in [5.74, 6) is -0.740. The fraction of sp³-hybridized carbons (Fsp3) is 0.571. The molecule has 5 nitrogen and oxygen atoms in total. The number of carboxylic acids is 1. The lowest BCUT2D eigenvalue weighted by Gasteiger charge is -2.26. The lowest BCUT2D eigenvalue weighted by Crippen LogP contribution is -2.40. The van der Waals surface area contributed by atoms with Crippen molar-refractivity contribution in [1.29, 1.82) is 0 Å². The zero-order chi connectivity index (χ0) is 13.4. The molecule has 2 aliphatic carbocycles. The third-order valence-corrected chi connectivity index (χ3v) is 4.52. The maximum absolute atomic E-state index is 12.2. The molecule has 0 unspecified atom stereocenters. The molecule has 0 spiro atoms. The van der Waals surface area contributed by atoms with Gasteiger partial charge < -0.3 is 14.8 Å². The van der Waals surface area contributed by atoms with Gasteiger partial charge in [0.2, 0.25) is 5.91 Å². The van der Waals surface area contributed by atoms with E-state index in [-0.39, 0.29) is 23.7 Å². The van der Waals surface area contributed by atoms with Crippen LogP contribution in [-0.4, -0.2) is 17.0 Å². The second-order valence-corrected chi connectivity index (χ2v) is 5.52. The van der Waals surface area contributed by atoms with Gasteiger partial charge in [0.05, 0.1) is 24.6 Å². The van der Waals surface area contributed by atoms with Crippen LogP contribution < -0.4 is 5.32 Å². The molecule has 102 valence electrons. The molecule has 1 amide bonds. The quantitative estimate of drug-likeness (QED) is 0.865. The first-order valence-corrected chi connectivity index (χ1v) is 6.69. The smallest absolute Gasteiger partial charge is 0.307 e. The van der Waals surface area contributed by atoms with Crippen molar-refractivity contribution in [2.24, 2.45) is 23.7 Å². The standard InChI is InChI=1S/C14H17NO4/c16-13(15-7-10-2-1-5-19-10)11-8-3-4-9(6-8)12(11)14(17)18/h1-2,5,8-9,11-12H,3-4,6-7H2,(H,15,16)(H,17,18)/t8-,9+,11+,12+/m1/s1. The highest BCUT2D eigenvalue weighted by molar-refractivity contribution is 5.86. The summed E-state index contributed by atoms with van der Waals surface area (Å²) in [4.78, 5) is 23.6. The molecule has 2 N–H and O–H groups in total. The van der Waals surface area contributed by atoms with Crippen LogP contribution >= 0.6 is 0 Å². The third-order valence-electron chi connectivity index (χ3n) is 4.52. The summed E-state index contributed by atoms with van der Waals surface area (Å²) in [5, 5.41) is 12.1. The number of carbonyl (C=O) groups excluding carboxylic acids is 1. The monoisotopic (exact) mass is 263 g/mol. The molecule has 1 aromatic heterocycles. The average Bonchev–Trinajstić information content (AvgIpc) is 3.10. The van der Waals surface area contributed by atoms with Gasteiger partial charge in [-0.05, 0) is 43.2 Å². The normalized spacial score (nSPS) is 32.4. The molecule has 4 atom stereocenters. The van der Waals surface area contributed by atoms with Crippen LogP contribution in [0.5, 0.6) is 0 Å². The molecule has 2 fully saturated rings. The van der Waals surface area contributed by atoms with E-state index in [2.05, 4.69) is 5.32 Å². The minimum atomic E-state index is -0.828. The Hall–Kier alpha value is -1.78. The number of amides is 1. The SMILES string of the molecule is O=C(O)[C@H]1[C@H]2CC[C@H](C2)[C@@H]1C(=O)NCc1ccco1. The first-order chi connectivity index (χ1) is 9.16. The zero-order valence-electron chi connectivity index (χ0n) is 10.5. The van der Waals surface area contributed by atoms with Crippen LogP contribution in [0.4, 0.5) is 0 Å². The molecule has 2 saturated carbocycles. The fourth-order valence-corrected chi connectivity index (χ4v) is 3.73. The second kappa shape index (κ2) is 4.72. The van der Waals surface area contributed by atoms with Crippen LogP contribution in [-0.2, 0) is 16.1 Å².